The topological polar surface area (TPSA) is 140 Å². The lowest BCUT2D eigenvalue weighted by atomic mass is 10.2. The van der Waals surface area contributed by atoms with Crippen molar-refractivity contribution in [3.8, 4) is 6.07 Å². The maximum atomic E-state index is 12.6. The lowest BCUT2D eigenvalue weighted by molar-refractivity contribution is -0.385. The van der Waals surface area contributed by atoms with Crippen LogP contribution in [0.1, 0.15) is 17.7 Å². The number of halogens is 2. The monoisotopic (exact) mass is 278 g/mol. The fourth-order valence-electron chi connectivity index (χ4n) is 1.09. The van der Waals surface area contributed by atoms with Crippen molar-refractivity contribution in [2.45, 2.75) is 11.5 Å². The first kappa shape index (κ1) is 13.9. The molecule has 0 aromatic carbocycles. The number of aromatic nitrogens is 1. The molecule has 0 aliphatic heterocycles. The molecule has 2 N–H and O–H groups in total. The molecule has 0 aliphatic rings. The Morgan fingerprint density at radius 1 is 1.56 bits per heavy atom. The Balaban J connectivity index is 3.78. The zero-order valence-corrected chi connectivity index (χ0v) is 9.19. The van der Waals surface area contributed by atoms with E-state index in [1.807, 2.05) is 0 Å². The van der Waals surface area contributed by atoms with E-state index >= 15 is 0 Å². The minimum absolute atomic E-state index is 0.361. The van der Waals surface area contributed by atoms with Gasteiger partial charge in [0.25, 0.3) is 22.1 Å². The van der Waals surface area contributed by atoms with Crippen molar-refractivity contribution < 1.29 is 22.1 Å². The third-order valence-corrected chi connectivity index (χ3v) is 2.60. The highest BCUT2D eigenvalue weighted by atomic mass is 32.2. The lowest BCUT2D eigenvalue weighted by Crippen LogP contribution is -2.16. The van der Waals surface area contributed by atoms with Gasteiger partial charge in [-0.1, -0.05) is 0 Å². The average molecular weight is 278 g/mol. The third kappa shape index (κ3) is 2.55. The summed E-state index contributed by atoms with van der Waals surface area (Å²) in [5, 5.41) is 22.7. The summed E-state index contributed by atoms with van der Waals surface area (Å²) < 4.78 is 47.0. The van der Waals surface area contributed by atoms with Crippen LogP contribution in [-0.4, -0.2) is 18.3 Å². The Morgan fingerprint density at radius 3 is 2.44 bits per heavy atom. The van der Waals surface area contributed by atoms with Gasteiger partial charge >= 0.3 is 0 Å². The number of hydrogen-bond donors (Lipinski definition) is 1. The second-order valence-electron chi connectivity index (χ2n) is 2.95. The van der Waals surface area contributed by atoms with E-state index in [1.54, 1.807) is 0 Å². The number of alkyl halides is 2. The molecule has 96 valence electrons. The van der Waals surface area contributed by atoms with Gasteiger partial charge in [0.05, 0.1) is 11.0 Å². The van der Waals surface area contributed by atoms with E-state index in [0.717, 1.165) is 0 Å². The zero-order chi connectivity index (χ0) is 14.1. The maximum absolute atomic E-state index is 12.6. The van der Waals surface area contributed by atoms with Crippen molar-refractivity contribution >= 4 is 15.7 Å². The molecular formula is C7H4F2N4O4S. The fourth-order valence-corrected chi connectivity index (χ4v) is 1.59. The molecule has 0 amide bonds. The minimum atomic E-state index is -4.50. The summed E-state index contributed by atoms with van der Waals surface area (Å²) in [6.45, 7) is 0. The summed E-state index contributed by atoms with van der Waals surface area (Å²) in [6.07, 6.45) is -3.35. The number of pyridine rings is 1. The summed E-state index contributed by atoms with van der Waals surface area (Å²) in [7, 11) is -4.50. The van der Waals surface area contributed by atoms with E-state index in [2.05, 4.69) is 10.1 Å². The molecule has 8 nitrogen and oxygen atoms in total. The average Bonchev–Trinajstić information content (AvgIpc) is 2.25. The van der Waals surface area contributed by atoms with Crippen LogP contribution in [0.2, 0.25) is 0 Å². The number of sulfonamides is 1. The molecule has 1 heterocycles. The van der Waals surface area contributed by atoms with Crippen LogP contribution in [0.3, 0.4) is 0 Å². The number of hydrogen-bond acceptors (Lipinski definition) is 6. The molecule has 1 rings (SSSR count). The van der Waals surface area contributed by atoms with Gasteiger partial charge in [0, 0.05) is 0 Å². The van der Waals surface area contributed by atoms with E-state index < -0.39 is 43.3 Å². The number of nitrogens with zero attached hydrogens (tertiary/aromatic N) is 3. The van der Waals surface area contributed by atoms with E-state index in [9.17, 15) is 27.3 Å². The smallest absolute Gasteiger partial charge is 0.258 e. The van der Waals surface area contributed by atoms with Gasteiger partial charge in [-0.25, -0.2) is 27.3 Å². The van der Waals surface area contributed by atoms with Crippen molar-refractivity contribution in [2.24, 2.45) is 5.14 Å². The van der Waals surface area contributed by atoms with Gasteiger partial charge in [-0.05, 0) is 0 Å². The first-order valence-corrected chi connectivity index (χ1v) is 5.63. The summed E-state index contributed by atoms with van der Waals surface area (Å²) in [6, 6.07) is 1.55. The number of nitrogens with two attached hydrogens (primary N) is 1. The van der Waals surface area contributed by atoms with E-state index in [0.29, 0.717) is 6.07 Å². The molecule has 0 aliphatic carbocycles. The van der Waals surface area contributed by atoms with Crippen LogP contribution in [0.4, 0.5) is 14.5 Å². The normalized spacial score (nSPS) is 11.3. The lowest BCUT2D eigenvalue weighted by Gasteiger charge is -2.05. The summed E-state index contributed by atoms with van der Waals surface area (Å²) in [5.74, 6) is 0. The molecule has 0 fully saturated rings. The number of primary sulfonamides is 1. The quantitative estimate of drug-likeness (QED) is 0.628. The van der Waals surface area contributed by atoms with Crippen LogP contribution in [0.5, 0.6) is 0 Å². The van der Waals surface area contributed by atoms with Crippen molar-refractivity contribution in [3.63, 3.8) is 0 Å². The SMILES string of the molecule is N#Cc1c([N+](=O)[O-])cc(S(N)(=O)=O)nc1C(F)F. The Labute approximate surface area is 98.9 Å². The molecule has 1 aromatic rings. The number of nitriles is 1. The third-order valence-electron chi connectivity index (χ3n) is 1.81. The van der Waals surface area contributed by atoms with Crippen LogP contribution in [-0.2, 0) is 10.0 Å². The van der Waals surface area contributed by atoms with E-state index in [1.165, 1.54) is 6.07 Å². The molecule has 0 unspecified atom stereocenters. The Kier molecular flexibility index (Phi) is 3.54. The molecule has 11 heteroatoms. The van der Waals surface area contributed by atoms with Crippen molar-refractivity contribution in [3.05, 3.63) is 27.4 Å². The van der Waals surface area contributed by atoms with E-state index in [4.69, 9.17) is 5.26 Å². The molecule has 0 spiro atoms. The first-order valence-electron chi connectivity index (χ1n) is 4.09. The van der Waals surface area contributed by atoms with E-state index in [-0.39, 0.29) is 0 Å². The van der Waals surface area contributed by atoms with Crippen LogP contribution in [0.25, 0.3) is 0 Å². The fraction of sp³-hybridized carbons (Fsp3) is 0.143. The van der Waals surface area contributed by atoms with Gasteiger partial charge in [-0.2, -0.15) is 5.26 Å². The van der Waals surface area contributed by atoms with Gasteiger partial charge in [0.15, 0.2) is 10.6 Å². The van der Waals surface area contributed by atoms with Crippen LogP contribution in [0, 0.1) is 21.4 Å². The Morgan fingerprint density at radius 2 is 2.11 bits per heavy atom. The van der Waals surface area contributed by atoms with Gasteiger partial charge in [-0.3, -0.25) is 10.1 Å². The first-order chi connectivity index (χ1) is 8.18. The number of rotatable bonds is 3. The standard InChI is InChI=1S/C7H4F2N4O4S/c8-7(9)6-3(2-10)4(13(14)15)1-5(12-6)18(11,16)17/h1,7H,(H2,11,16,17). The zero-order valence-electron chi connectivity index (χ0n) is 8.37. The van der Waals surface area contributed by atoms with Crippen molar-refractivity contribution in [1.82, 2.24) is 4.98 Å². The van der Waals surface area contributed by atoms with Crippen LogP contribution < -0.4 is 5.14 Å². The predicted octanol–water partition coefficient (Wildman–Crippen LogP) is 0.446. The predicted molar refractivity (Wildman–Crippen MR) is 51.9 cm³/mol. The Bertz CT molecular complexity index is 652. The second-order valence-corrected chi connectivity index (χ2v) is 4.46. The highest BCUT2D eigenvalue weighted by Gasteiger charge is 2.28. The van der Waals surface area contributed by atoms with Gasteiger partial charge in [-0.15, -0.1) is 0 Å². The van der Waals surface area contributed by atoms with Gasteiger partial charge in [0.1, 0.15) is 11.8 Å². The summed E-state index contributed by atoms with van der Waals surface area (Å²) >= 11 is 0. The second kappa shape index (κ2) is 4.59. The highest BCUT2D eigenvalue weighted by Crippen LogP contribution is 2.29. The van der Waals surface area contributed by atoms with Crippen LogP contribution >= 0.6 is 0 Å². The van der Waals surface area contributed by atoms with Gasteiger partial charge < -0.3 is 0 Å². The molecule has 0 radical (unpaired) electrons. The van der Waals surface area contributed by atoms with Crippen LogP contribution in [0.15, 0.2) is 11.1 Å². The minimum Gasteiger partial charge on any atom is -0.258 e. The molecule has 0 atom stereocenters. The molecule has 0 bridgehead atoms. The molecule has 18 heavy (non-hydrogen) atoms. The summed E-state index contributed by atoms with van der Waals surface area (Å²) in [4.78, 5) is 12.4. The van der Waals surface area contributed by atoms with Gasteiger partial charge in [0.2, 0.25) is 0 Å². The number of nitro groups is 1. The maximum Gasteiger partial charge on any atom is 0.292 e. The molecule has 1 aromatic heterocycles. The summed E-state index contributed by atoms with van der Waals surface area (Å²) in [5.41, 5.74) is -3.38. The van der Waals surface area contributed by atoms with Crippen molar-refractivity contribution in [2.75, 3.05) is 0 Å². The van der Waals surface area contributed by atoms with Crippen molar-refractivity contribution in [1.29, 1.82) is 5.26 Å². The highest BCUT2D eigenvalue weighted by molar-refractivity contribution is 7.89. The largest absolute Gasteiger partial charge is 0.292 e. The molecule has 0 saturated heterocycles. The Hall–Kier alpha value is -2.19. The molecule has 0 saturated carbocycles. The molecular weight excluding hydrogens is 274 g/mol.